The molecule has 0 bridgehead atoms. The molecule has 0 saturated heterocycles. The molecule has 1 saturated carbocycles. The summed E-state index contributed by atoms with van der Waals surface area (Å²) >= 11 is 5.74. The molecule has 1 aliphatic carbocycles. The number of halogens is 1. The summed E-state index contributed by atoms with van der Waals surface area (Å²) in [4.78, 5) is 10.7. The van der Waals surface area contributed by atoms with E-state index >= 15 is 0 Å². The van der Waals surface area contributed by atoms with Crippen molar-refractivity contribution >= 4 is 17.6 Å². The maximum atomic E-state index is 10.7. The molecule has 2 nitrogen and oxygen atoms in total. The Labute approximate surface area is 65.5 Å². The van der Waals surface area contributed by atoms with Crippen molar-refractivity contribution < 1.29 is 9.53 Å². The van der Waals surface area contributed by atoms with Gasteiger partial charge in [0.1, 0.15) is 6.10 Å². The summed E-state index contributed by atoms with van der Waals surface area (Å²) in [5, 5.41) is 0.0653. The van der Waals surface area contributed by atoms with Crippen LogP contribution < -0.4 is 0 Å². The summed E-state index contributed by atoms with van der Waals surface area (Å²) in [6, 6.07) is 0. The number of alkyl halides is 1. The van der Waals surface area contributed by atoms with Crippen LogP contribution in [0.5, 0.6) is 0 Å². The lowest BCUT2D eigenvalue weighted by atomic mass is 9.95. The summed E-state index contributed by atoms with van der Waals surface area (Å²) in [6.07, 6.45) is 2.34. The molecule has 1 aliphatic rings. The van der Waals surface area contributed by atoms with E-state index in [1.807, 2.05) is 0 Å². The molecular weight excluding hydrogens is 152 g/mol. The van der Waals surface area contributed by atoms with Gasteiger partial charge in [-0.1, -0.05) is 6.92 Å². The highest BCUT2D eigenvalue weighted by atomic mass is 35.5. The predicted octanol–water partition coefficient (Wildman–Crippen LogP) is 1.71. The Morgan fingerprint density at radius 2 is 2.40 bits per heavy atom. The van der Waals surface area contributed by atoms with Gasteiger partial charge in [0.2, 0.25) is 0 Å². The zero-order chi connectivity index (χ0) is 7.56. The number of ether oxygens (including phenoxy) is 1. The maximum absolute atomic E-state index is 10.7. The number of carbonyl (C=O) groups is 1. The second-order valence-electron chi connectivity index (χ2n) is 2.48. The Balaban J connectivity index is 2.19. The highest BCUT2D eigenvalue weighted by Crippen LogP contribution is 2.28. The van der Waals surface area contributed by atoms with Gasteiger partial charge in [-0.2, -0.15) is 0 Å². The van der Waals surface area contributed by atoms with E-state index in [1.165, 1.54) is 0 Å². The maximum Gasteiger partial charge on any atom is 0.305 e. The Kier molecular flexibility index (Phi) is 2.55. The molecule has 1 fully saturated rings. The van der Waals surface area contributed by atoms with Gasteiger partial charge in [-0.15, -0.1) is 11.6 Å². The SMILES string of the molecule is CCC(=O)OC1CCC1Cl. The topological polar surface area (TPSA) is 26.3 Å². The molecule has 0 N–H and O–H groups in total. The fourth-order valence-electron chi connectivity index (χ4n) is 0.814. The third kappa shape index (κ3) is 1.63. The highest BCUT2D eigenvalue weighted by molar-refractivity contribution is 6.21. The van der Waals surface area contributed by atoms with Crippen LogP contribution in [0.3, 0.4) is 0 Å². The van der Waals surface area contributed by atoms with Crippen LogP contribution in [0.15, 0.2) is 0 Å². The molecule has 0 aliphatic heterocycles. The van der Waals surface area contributed by atoms with E-state index in [0.717, 1.165) is 12.8 Å². The fourth-order valence-corrected chi connectivity index (χ4v) is 1.12. The molecule has 0 amide bonds. The Hall–Kier alpha value is -0.240. The quantitative estimate of drug-likeness (QED) is 0.457. The van der Waals surface area contributed by atoms with E-state index in [2.05, 4.69) is 0 Å². The van der Waals surface area contributed by atoms with Gasteiger partial charge in [0.15, 0.2) is 0 Å². The summed E-state index contributed by atoms with van der Waals surface area (Å²) in [7, 11) is 0. The number of carbonyl (C=O) groups excluding carboxylic acids is 1. The van der Waals surface area contributed by atoms with Crippen LogP contribution >= 0.6 is 11.6 Å². The van der Waals surface area contributed by atoms with Crippen LogP contribution in [-0.4, -0.2) is 17.5 Å². The van der Waals surface area contributed by atoms with E-state index in [4.69, 9.17) is 16.3 Å². The monoisotopic (exact) mass is 162 g/mol. The first-order valence-corrected chi connectivity index (χ1v) is 4.01. The van der Waals surface area contributed by atoms with Crippen molar-refractivity contribution in [3.8, 4) is 0 Å². The molecule has 0 heterocycles. The molecule has 0 aromatic carbocycles. The van der Waals surface area contributed by atoms with Crippen LogP contribution in [0.25, 0.3) is 0 Å². The first kappa shape index (κ1) is 7.86. The molecule has 3 heteroatoms. The minimum Gasteiger partial charge on any atom is -0.461 e. The summed E-state index contributed by atoms with van der Waals surface area (Å²) in [6.45, 7) is 1.78. The van der Waals surface area contributed by atoms with Crippen molar-refractivity contribution in [3.05, 3.63) is 0 Å². The van der Waals surface area contributed by atoms with Crippen LogP contribution in [0.4, 0.5) is 0 Å². The van der Waals surface area contributed by atoms with Crippen molar-refractivity contribution in [3.63, 3.8) is 0 Å². The highest BCUT2D eigenvalue weighted by Gasteiger charge is 2.31. The number of hydrogen-bond acceptors (Lipinski definition) is 2. The molecule has 2 unspecified atom stereocenters. The second-order valence-corrected chi connectivity index (χ2v) is 3.04. The lowest BCUT2D eigenvalue weighted by molar-refractivity contribution is -0.152. The van der Waals surface area contributed by atoms with E-state index < -0.39 is 0 Å². The van der Waals surface area contributed by atoms with E-state index in [0.29, 0.717) is 6.42 Å². The fraction of sp³-hybridized carbons (Fsp3) is 0.857. The molecule has 0 aromatic heterocycles. The van der Waals surface area contributed by atoms with Gasteiger partial charge in [0.05, 0.1) is 5.38 Å². The number of esters is 1. The third-order valence-corrected chi connectivity index (χ3v) is 2.20. The van der Waals surface area contributed by atoms with Gasteiger partial charge >= 0.3 is 5.97 Å². The summed E-state index contributed by atoms with van der Waals surface area (Å²) < 4.78 is 4.98. The molecule has 2 atom stereocenters. The third-order valence-electron chi connectivity index (χ3n) is 1.70. The van der Waals surface area contributed by atoms with Gasteiger partial charge in [0.25, 0.3) is 0 Å². The summed E-state index contributed by atoms with van der Waals surface area (Å²) in [5.41, 5.74) is 0. The average molecular weight is 163 g/mol. The normalized spacial score (nSPS) is 31.0. The second kappa shape index (κ2) is 3.24. The summed E-state index contributed by atoms with van der Waals surface area (Å²) in [5.74, 6) is -0.143. The van der Waals surface area contributed by atoms with Crippen molar-refractivity contribution in [1.29, 1.82) is 0 Å². The molecule has 0 spiro atoms. The zero-order valence-electron chi connectivity index (χ0n) is 5.97. The first-order valence-electron chi connectivity index (χ1n) is 3.57. The van der Waals surface area contributed by atoms with Gasteiger partial charge < -0.3 is 4.74 Å². The standard InChI is InChI=1S/C7H11ClO2/c1-2-7(9)10-6-4-3-5(6)8/h5-6H,2-4H2,1H3. The molecule has 1 rings (SSSR count). The minimum atomic E-state index is -0.143. The molecule has 10 heavy (non-hydrogen) atoms. The van der Waals surface area contributed by atoms with Gasteiger partial charge in [-0.05, 0) is 12.8 Å². The largest absolute Gasteiger partial charge is 0.461 e. The number of rotatable bonds is 2. The van der Waals surface area contributed by atoms with E-state index in [-0.39, 0.29) is 17.5 Å². The smallest absolute Gasteiger partial charge is 0.305 e. The van der Waals surface area contributed by atoms with Crippen LogP contribution in [0.2, 0.25) is 0 Å². The Morgan fingerprint density at radius 3 is 2.70 bits per heavy atom. The van der Waals surface area contributed by atoms with Crippen molar-refractivity contribution in [2.75, 3.05) is 0 Å². The number of hydrogen-bond donors (Lipinski definition) is 0. The van der Waals surface area contributed by atoms with Crippen LogP contribution in [0.1, 0.15) is 26.2 Å². The Morgan fingerprint density at radius 1 is 1.70 bits per heavy atom. The predicted molar refractivity (Wildman–Crippen MR) is 39.0 cm³/mol. The minimum absolute atomic E-state index is 0.00545. The molecule has 0 radical (unpaired) electrons. The van der Waals surface area contributed by atoms with E-state index in [9.17, 15) is 4.79 Å². The first-order chi connectivity index (χ1) is 4.74. The lowest BCUT2D eigenvalue weighted by Crippen LogP contribution is -2.36. The van der Waals surface area contributed by atoms with E-state index in [1.54, 1.807) is 6.92 Å². The van der Waals surface area contributed by atoms with Crippen molar-refractivity contribution in [2.24, 2.45) is 0 Å². The van der Waals surface area contributed by atoms with Gasteiger partial charge in [0, 0.05) is 6.42 Å². The van der Waals surface area contributed by atoms with Crippen molar-refractivity contribution in [2.45, 2.75) is 37.7 Å². The lowest BCUT2D eigenvalue weighted by Gasteiger charge is -2.30. The van der Waals surface area contributed by atoms with Gasteiger partial charge in [-0.25, -0.2) is 0 Å². The molecular formula is C7H11ClO2. The molecule has 58 valence electrons. The van der Waals surface area contributed by atoms with Crippen LogP contribution in [-0.2, 0) is 9.53 Å². The van der Waals surface area contributed by atoms with Crippen molar-refractivity contribution in [1.82, 2.24) is 0 Å². The van der Waals surface area contributed by atoms with Crippen LogP contribution in [0, 0.1) is 0 Å². The zero-order valence-corrected chi connectivity index (χ0v) is 6.73. The molecule has 0 aromatic rings. The van der Waals surface area contributed by atoms with Gasteiger partial charge in [-0.3, -0.25) is 4.79 Å². The Bertz CT molecular complexity index is 136. The average Bonchev–Trinajstić information content (AvgIpc) is 1.96.